The van der Waals surface area contributed by atoms with Crippen molar-refractivity contribution < 1.29 is 14.7 Å². The van der Waals surface area contributed by atoms with E-state index in [2.05, 4.69) is 31.0 Å². The predicted octanol–water partition coefficient (Wildman–Crippen LogP) is 2.76. The lowest BCUT2D eigenvalue weighted by molar-refractivity contribution is -0.127. The molecule has 0 aromatic heterocycles. The maximum atomic E-state index is 12.3. The van der Waals surface area contributed by atoms with E-state index in [0.717, 1.165) is 38.0 Å². The van der Waals surface area contributed by atoms with Gasteiger partial charge in [-0.3, -0.25) is 9.69 Å². The molecule has 2 N–H and O–H groups in total. The Labute approximate surface area is 144 Å². The number of carbonyl (C=O) groups is 2. The summed E-state index contributed by atoms with van der Waals surface area (Å²) < 4.78 is 0. The van der Waals surface area contributed by atoms with E-state index in [0.29, 0.717) is 11.5 Å². The van der Waals surface area contributed by atoms with Crippen LogP contribution in [0.1, 0.15) is 49.5 Å². The number of piperidine rings is 1. The predicted molar refractivity (Wildman–Crippen MR) is 93.8 cm³/mol. The van der Waals surface area contributed by atoms with Gasteiger partial charge >= 0.3 is 5.97 Å². The van der Waals surface area contributed by atoms with Gasteiger partial charge in [0.2, 0.25) is 5.91 Å². The fourth-order valence-corrected chi connectivity index (χ4v) is 2.87. The van der Waals surface area contributed by atoms with Crippen molar-refractivity contribution in [3.05, 3.63) is 35.4 Å². The number of rotatable bonds is 6. The zero-order valence-corrected chi connectivity index (χ0v) is 14.8. The summed E-state index contributed by atoms with van der Waals surface area (Å²) in [5.41, 5.74) is 1.42. The van der Waals surface area contributed by atoms with Crippen LogP contribution in [0.4, 0.5) is 0 Å². The van der Waals surface area contributed by atoms with Crippen molar-refractivity contribution in [2.75, 3.05) is 13.1 Å². The Morgan fingerprint density at radius 3 is 2.25 bits per heavy atom. The zero-order chi connectivity index (χ0) is 17.7. The number of aromatic carboxylic acids is 1. The minimum Gasteiger partial charge on any atom is -0.478 e. The van der Waals surface area contributed by atoms with Crippen LogP contribution < -0.4 is 5.32 Å². The Balaban J connectivity index is 1.80. The van der Waals surface area contributed by atoms with Crippen LogP contribution in [0.25, 0.3) is 0 Å². The second-order valence-corrected chi connectivity index (χ2v) is 7.09. The molecule has 1 amide bonds. The maximum absolute atomic E-state index is 12.3. The van der Waals surface area contributed by atoms with E-state index in [1.807, 2.05) is 12.1 Å². The standard InChI is InChI=1S/C19H28N2O3/c1-13(2)14(3)20-18(22)16-8-10-21(11-9-16)12-15-4-6-17(7-5-15)19(23)24/h4-7,13-14,16H,8-12H2,1-3H3,(H,20,22)(H,23,24). The van der Waals surface area contributed by atoms with Gasteiger partial charge in [0.1, 0.15) is 0 Å². The summed E-state index contributed by atoms with van der Waals surface area (Å²) >= 11 is 0. The van der Waals surface area contributed by atoms with E-state index in [1.54, 1.807) is 12.1 Å². The van der Waals surface area contributed by atoms with E-state index in [-0.39, 0.29) is 17.9 Å². The number of amides is 1. The SMILES string of the molecule is CC(C)C(C)NC(=O)C1CCN(Cc2ccc(C(=O)O)cc2)CC1. The highest BCUT2D eigenvalue weighted by Gasteiger charge is 2.26. The summed E-state index contributed by atoms with van der Waals surface area (Å²) in [7, 11) is 0. The minimum absolute atomic E-state index is 0.108. The van der Waals surface area contributed by atoms with Crippen molar-refractivity contribution in [3.63, 3.8) is 0 Å². The second kappa shape index (κ2) is 8.29. The average Bonchev–Trinajstić information content (AvgIpc) is 2.55. The molecule has 5 nitrogen and oxygen atoms in total. The summed E-state index contributed by atoms with van der Waals surface area (Å²) in [5.74, 6) is -0.162. The molecule has 0 aliphatic carbocycles. The van der Waals surface area contributed by atoms with Gasteiger partial charge < -0.3 is 10.4 Å². The molecule has 1 aliphatic rings. The van der Waals surface area contributed by atoms with Gasteiger partial charge in [0, 0.05) is 18.5 Å². The summed E-state index contributed by atoms with van der Waals surface area (Å²) in [4.78, 5) is 25.5. The molecule has 0 bridgehead atoms. The maximum Gasteiger partial charge on any atom is 0.335 e. The lowest BCUT2D eigenvalue weighted by Gasteiger charge is -2.32. The number of nitrogens with zero attached hydrogens (tertiary/aromatic N) is 1. The Morgan fingerprint density at radius 1 is 1.17 bits per heavy atom. The first kappa shape index (κ1) is 18.5. The second-order valence-electron chi connectivity index (χ2n) is 7.09. The van der Waals surface area contributed by atoms with E-state index < -0.39 is 5.97 Å². The van der Waals surface area contributed by atoms with Crippen LogP contribution in [0.3, 0.4) is 0 Å². The lowest BCUT2D eigenvalue weighted by atomic mass is 9.94. The lowest BCUT2D eigenvalue weighted by Crippen LogP contribution is -2.44. The zero-order valence-electron chi connectivity index (χ0n) is 14.8. The van der Waals surface area contributed by atoms with Crippen molar-refractivity contribution in [1.82, 2.24) is 10.2 Å². The number of hydrogen-bond acceptors (Lipinski definition) is 3. The first-order valence-electron chi connectivity index (χ1n) is 8.71. The van der Waals surface area contributed by atoms with Gasteiger partial charge in [-0.2, -0.15) is 0 Å². The van der Waals surface area contributed by atoms with E-state index in [9.17, 15) is 9.59 Å². The van der Waals surface area contributed by atoms with Gasteiger partial charge in [-0.05, 0) is 56.5 Å². The highest BCUT2D eigenvalue weighted by molar-refractivity contribution is 5.87. The molecule has 1 fully saturated rings. The number of carboxylic acids is 1. The van der Waals surface area contributed by atoms with Crippen LogP contribution in [0.2, 0.25) is 0 Å². The van der Waals surface area contributed by atoms with E-state index in [4.69, 9.17) is 5.11 Å². The highest BCUT2D eigenvalue weighted by Crippen LogP contribution is 2.20. The van der Waals surface area contributed by atoms with Crippen LogP contribution in [0.15, 0.2) is 24.3 Å². The molecule has 0 spiro atoms. The van der Waals surface area contributed by atoms with Crippen LogP contribution in [-0.2, 0) is 11.3 Å². The Kier molecular flexibility index (Phi) is 6.37. The molecule has 1 saturated heterocycles. The minimum atomic E-state index is -0.899. The van der Waals surface area contributed by atoms with Crippen LogP contribution in [0, 0.1) is 11.8 Å². The largest absolute Gasteiger partial charge is 0.478 e. The Bertz CT molecular complexity index is 560. The molecule has 132 valence electrons. The number of carbonyl (C=O) groups excluding carboxylic acids is 1. The van der Waals surface area contributed by atoms with Crippen molar-refractivity contribution in [3.8, 4) is 0 Å². The van der Waals surface area contributed by atoms with Gasteiger partial charge in [-0.15, -0.1) is 0 Å². The molecule has 1 heterocycles. The molecule has 1 unspecified atom stereocenters. The summed E-state index contributed by atoms with van der Waals surface area (Å²) in [5, 5.41) is 12.0. The molecule has 24 heavy (non-hydrogen) atoms. The van der Waals surface area contributed by atoms with E-state index >= 15 is 0 Å². The molecule has 1 atom stereocenters. The number of benzene rings is 1. The van der Waals surface area contributed by atoms with Crippen LogP contribution >= 0.6 is 0 Å². The molecule has 0 saturated carbocycles. The molecule has 5 heteroatoms. The smallest absolute Gasteiger partial charge is 0.335 e. The highest BCUT2D eigenvalue weighted by atomic mass is 16.4. The number of likely N-dealkylation sites (tertiary alicyclic amines) is 1. The van der Waals surface area contributed by atoms with Gasteiger partial charge in [-0.25, -0.2) is 4.79 Å². The third kappa shape index (κ3) is 5.06. The van der Waals surface area contributed by atoms with E-state index in [1.165, 1.54) is 0 Å². The number of carboxylic acid groups (broad SMARTS) is 1. The van der Waals surface area contributed by atoms with Gasteiger partial charge in [0.15, 0.2) is 0 Å². The monoisotopic (exact) mass is 332 g/mol. The van der Waals surface area contributed by atoms with Gasteiger partial charge in [0.05, 0.1) is 5.56 Å². The van der Waals surface area contributed by atoms with Crippen LogP contribution in [0.5, 0.6) is 0 Å². The molecule has 1 aromatic carbocycles. The first-order valence-corrected chi connectivity index (χ1v) is 8.71. The number of nitrogens with one attached hydrogen (secondary N) is 1. The Morgan fingerprint density at radius 2 is 1.75 bits per heavy atom. The summed E-state index contributed by atoms with van der Waals surface area (Å²) in [6, 6.07) is 7.23. The quantitative estimate of drug-likeness (QED) is 0.840. The molecular weight excluding hydrogens is 304 g/mol. The van der Waals surface area contributed by atoms with Gasteiger partial charge in [0.25, 0.3) is 0 Å². The molecular formula is C19H28N2O3. The summed E-state index contributed by atoms with van der Waals surface area (Å²) in [6.45, 7) is 8.88. The van der Waals surface area contributed by atoms with Gasteiger partial charge in [-0.1, -0.05) is 26.0 Å². The topological polar surface area (TPSA) is 69.6 Å². The molecule has 0 radical (unpaired) electrons. The normalized spacial score (nSPS) is 17.7. The average molecular weight is 332 g/mol. The van der Waals surface area contributed by atoms with Crippen LogP contribution in [-0.4, -0.2) is 41.0 Å². The molecule has 2 rings (SSSR count). The third-order valence-corrected chi connectivity index (χ3v) is 4.94. The van der Waals surface area contributed by atoms with Crippen molar-refractivity contribution >= 4 is 11.9 Å². The Hall–Kier alpha value is -1.88. The first-order chi connectivity index (χ1) is 11.4. The fourth-order valence-electron chi connectivity index (χ4n) is 2.87. The number of hydrogen-bond donors (Lipinski definition) is 2. The van der Waals surface area contributed by atoms with Crippen molar-refractivity contribution in [2.24, 2.45) is 11.8 Å². The fraction of sp³-hybridized carbons (Fsp3) is 0.579. The third-order valence-electron chi connectivity index (χ3n) is 4.94. The molecule has 1 aromatic rings. The van der Waals surface area contributed by atoms with Crippen molar-refractivity contribution in [2.45, 2.75) is 46.2 Å². The molecule has 1 aliphatic heterocycles. The van der Waals surface area contributed by atoms with Crippen molar-refractivity contribution in [1.29, 1.82) is 0 Å². The summed E-state index contributed by atoms with van der Waals surface area (Å²) in [6.07, 6.45) is 1.76.